The minimum absolute atomic E-state index is 0.0824. The first kappa shape index (κ1) is 19.9. The average molecular weight is 420 g/mol. The van der Waals surface area contributed by atoms with E-state index in [4.69, 9.17) is 4.52 Å². The van der Waals surface area contributed by atoms with E-state index in [0.717, 1.165) is 51.0 Å². The second kappa shape index (κ2) is 8.59. The Morgan fingerprint density at radius 3 is 2.55 bits per heavy atom. The van der Waals surface area contributed by atoms with Gasteiger partial charge in [0.05, 0.1) is 6.54 Å². The van der Waals surface area contributed by atoms with Crippen molar-refractivity contribution in [3.8, 4) is 11.4 Å². The first-order valence-electron chi connectivity index (χ1n) is 10.8. The Kier molecular flexibility index (Phi) is 5.51. The Balaban J connectivity index is 1.14. The van der Waals surface area contributed by atoms with Gasteiger partial charge in [0.25, 0.3) is 0 Å². The zero-order valence-corrected chi connectivity index (χ0v) is 17.3. The number of nitrogens with zero attached hydrogens (tertiary/aromatic N) is 4. The zero-order chi connectivity index (χ0) is 21.2. The van der Waals surface area contributed by atoms with Crippen molar-refractivity contribution in [3.05, 3.63) is 71.4 Å². The summed E-state index contributed by atoms with van der Waals surface area (Å²) in [5, 5.41) is 4.01. The molecule has 2 aromatic carbocycles. The van der Waals surface area contributed by atoms with E-state index in [1.807, 2.05) is 11.0 Å². The number of piperidine rings is 1. The Labute approximate surface area is 180 Å². The third-order valence-corrected chi connectivity index (χ3v) is 6.31. The van der Waals surface area contributed by atoms with Crippen molar-refractivity contribution in [1.29, 1.82) is 0 Å². The average Bonchev–Trinajstić information content (AvgIpc) is 3.27. The van der Waals surface area contributed by atoms with Crippen LogP contribution in [0.1, 0.15) is 29.9 Å². The van der Waals surface area contributed by atoms with E-state index >= 15 is 0 Å². The number of hydrogen-bond donors (Lipinski definition) is 0. The molecule has 1 amide bonds. The maximum atomic E-state index is 13.1. The largest absolute Gasteiger partial charge is 0.338 e. The number of halogens is 1. The van der Waals surface area contributed by atoms with Gasteiger partial charge < -0.3 is 9.42 Å². The van der Waals surface area contributed by atoms with Gasteiger partial charge in [0.2, 0.25) is 17.6 Å². The summed E-state index contributed by atoms with van der Waals surface area (Å²) in [5.41, 5.74) is 3.36. The number of carbonyl (C=O) groups is 1. The standard InChI is InChI=1S/C24H25FN4O2/c25-21-7-5-18(6-8-21)23-26-22(31-27-23)16-28-12-9-19(10-13-28)24(30)29-14-11-17-3-1-2-4-20(17)15-29/h1-8,19H,9-16H2. The van der Waals surface area contributed by atoms with Gasteiger partial charge in [0.1, 0.15) is 5.82 Å². The van der Waals surface area contributed by atoms with Crippen LogP contribution in [-0.2, 0) is 24.3 Å². The van der Waals surface area contributed by atoms with E-state index in [9.17, 15) is 9.18 Å². The second-order valence-corrected chi connectivity index (χ2v) is 8.35. The molecule has 6 nitrogen and oxygen atoms in total. The van der Waals surface area contributed by atoms with Crippen LogP contribution < -0.4 is 0 Å². The van der Waals surface area contributed by atoms with Crippen molar-refractivity contribution in [1.82, 2.24) is 19.9 Å². The molecule has 0 atom stereocenters. The van der Waals surface area contributed by atoms with Crippen molar-refractivity contribution in [3.63, 3.8) is 0 Å². The quantitative estimate of drug-likeness (QED) is 0.645. The van der Waals surface area contributed by atoms with Gasteiger partial charge in [-0.1, -0.05) is 29.4 Å². The fourth-order valence-electron chi connectivity index (χ4n) is 4.51. The summed E-state index contributed by atoms with van der Waals surface area (Å²) in [5.74, 6) is 1.07. The van der Waals surface area contributed by atoms with Gasteiger partial charge >= 0.3 is 0 Å². The van der Waals surface area contributed by atoms with E-state index in [2.05, 4.69) is 33.2 Å². The molecule has 2 aliphatic heterocycles. The molecule has 5 rings (SSSR count). The van der Waals surface area contributed by atoms with Crippen LogP contribution in [-0.4, -0.2) is 45.5 Å². The molecule has 3 heterocycles. The molecular formula is C24H25FN4O2. The highest BCUT2D eigenvalue weighted by Crippen LogP contribution is 2.25. The molecule has 0 radical (unpaired) electrons. The van der Waals surface area contributed by atoms with Crippen LogP contribution in [0.25, 0.3) is 11.4 Å². The maximum Gasteiger partial charge on any atom is 0.241 e. The van der Waals surface area contributed by atoms with E-state index in [1.54, 1.807) is 12.1 Å². The summed E-state index contributed by atoms with van der Waals surface area (Å²) in [7, 11) is 0. The van der Waals surface area contributed by atoms with Crippen LogP contribution in [0.2, 0.25) is 0 Å². The smallest absolute Gasteiger partial charge is 0.241 e. The Morgan fingerprint density at radius 1 is 1.03 bits per heavy atom. The lowest BCUT2D eigenvalue weighted by Crippen LogP contribution is -2.44. The van der Waals surface area contributed by atoms with E-state index in [-0.39, 0.29) is 17.6 Å². The molecule has 31 heavy (non-hydrogen) atoms. The van der Waals surface area contributed by atoms with Gasteiger partial charge in [-0.25, -0.2) is 4.39 Å². The van der Waals surface area contributed by atoms with Crippen molar-refractivity contribution in [2.45, 2.75) is 32.4 Å². The monoisotopic (exact) mass is 420 g/mol. The molecule has 2 aliphatic rings. The third-order valence-electron chi connectivity index (χ3n) is 6.31. The number of fused-ring (bicyclic) bond motifs is 1. The van der Waals surface area contributed by atoms with Crippen LogP contribution in [0.5, 0.6) is 0 Å². The van der Waals surface area contributed by atoms with Crippen LogP contribution in [0.15, 0.2) is 53.1 Å². The first-order chi connectivity index (χ1) is 15.2. The number of aromatic nitrogens is 2. The summed E-state index contributed by atoms with van der Waals surface area (Å²) < 4.78 is 18.5. The topological polar surface area (TPSA) is 62.5 Å². The van der Waals surface area contributed by atoms with Crippen molar-refractivity contribution in [2.24, 2.45) is 5.92 Å². The summed E-state index contributed by atoms with van der Waals surface area (Å²) in [6.07, 6.45) is 2.63. The van der Waals surface area contributed by atoms with Crippen molar-refractivity contribution < 1.29 is 13.7 Å². The SMILES string of the molecule is O=C(C1CCN(Cc2nc(-c3ccc(F)cc3)no2)CC1)N1CCc2ccccc2C1. The molecule has 3 aromatic rings. The molecule has 7 heteroatoms. The molecule has 0 saturated carbocycles. The number of amides is 1. The van der Waals surface area contributed by atoms with Gasteiger partial charge in [0, 0.05) is 24.6 Å². The van der Waals surface area contributed by atoms with Crippen LogP contribution in [0.4, 0.5) is 4.39 Å². The molecule has 0 aliphatic carbocycles. The fourth-order valence-corrected chi connectivity index (χ4v) is 4.51. The van der Waals surface area contributed by atoms with Crippen molar-refractivity contribution in [2.75, 3.05) is 19.6 Å². The molecule has 1 saturated heterocycles. The molecule has 1 fully saturated rings. The maximum absolute atomic E-state index is 13.1. The van der Waals surface area contributed by atoms with E-state index in [1.165, 1.54) is 23.3 Å². The predicted molar refractivity (Wildman–Crippen MR) is 113 cm³/mol. The number of hydrogen-bond acceptors (Lipinski definition) is 5. The predicted octanol–water partition coefficient (Wildman–Crippen LogP) is 3.67. The van der Waals surface area contributed by atoms with Crippen LogP contribution >= 0.6 is 0 Å². The van der Waals surface area contributed by atoms with Crippen LogP contribution in [0, 0.1) is 11.7 Å². The number of likely N-dealkylation sites (tertiary alicyclic amines) is 1. The Morgan fingerprint density at radius 2 is 1.77 bits per heavy atom. The molecule has 160 valence electrons. The highest BCUT2D eigenvalue weighted by Gasteiger charge is 2.30. The molecular weight excluding hydrogens is 395 g/mol. The highest BCUT2D eigenvalue weighted by molar-refractivity contribution is 5.79. The molecule has 0 spiro atoms. The number of rotatable bonds is 4. The zero-order valence-electron chi connectivity index (χ0n) is 17.3. The van der Waals surface area contributed by atoms with Gasteiger partial charge in [-0.2, -0.15) is 4.98 Å². The minimum atomic E-state index is -0.293. The second-order valence-electron chi connectivity index (χ2n) is 8.35. The minimum Gasteiger partial charge on any atom is -0.338 e. The lowest BCUT2D eigenvalue weighted by atomic mass is 9.93. The Bertz CT molecular complexity index is 1060. The summed E-state index contributed by atoms with van der Waals surface area (Å²) >= 11 is 0. The summed E-state index contributed by atoms with van der Waals surface area (Å²) in [6.45, 7) is 3.75. The van der Waals surface area contributed by atoms with Crippen molar-refractivity contribution >= 4 is 5.91 Å². The molecule has 1 aromatic heterocycles. The number of benzene rings is 2. The summed E-state index contributed by atoms with van der Waals surface area (Å²) in [4.78, 5) is 21.8. The summed E-state index contributed by atoms with van der Waals surface area (Å²) in [6, 6.07) is 14.4. The highest BCUT2D eigenvalue weighted by atomic mass is 19.1. The number of carbonyl (C=O) groups excluding carboxylic acids is 1. The van der Waals surface area contributed by atoms with Gasteiger partial charge in [-0.3, -0.25) is 9.69 Å². The lowest BCUT2D eigenvalue weighted by Gasteiger charge is -2.35. The van der Waals surface area contributed by atoms with Gasteiger partial charge in [-0.05, 0) is 67.7 Å². The lowest BCUT2D eigenvalue weighted by molar-refractivity contribution is -0.138. The normalized spacial score (nSPS) is 17.5. The third kappa shape index (κ3) is 4.37. The molecule has 0 unspecified atom stereocenters. The molecule has 0 N–H and O–H groups in total. The fraction of sp³-hybridized carbons (Fsp3) is 0.375. The first-order valence-corrected chi connectivity index (χ1v) is 10.8. The van der Waals surface area contributed by atoms with Gasteiger partial charge in [-0.15, -0.1) is 0 Å². The Hall–Kier alpha value is -3.06. The van der Waals surface area contributed by atoms with Gasteiger partial charge in [0.15, 0.2) is 0 Å². The molecule has 0 bridgehead atoms. The van der Waals surface area contributed by atoms with E-state index in [0.29, 0.717) is 18.3 Å². The van der Waals surface area contributed by atoms with E-state index < -0.39 is 0 Å². The van der Waals surface area contributed by atoms with Crippen LogP contribution in [0.3, 0.4) is 0 Å².